The molecule has 0 aromatic rings. The molecule has 0 spiro atoms. The first-order chi connectivity index (χ1) is 7.59. The number of hydrogen-bond acceptors (Lipinski definition) is 3. The largest absolute Gasteiger partial charge is 0.376 e. The van der Waals surface area contributed by atoms with E-state index in [0.717, 1.165) is 38.6 Å². The Kier molecular flexibility index (Phi) is 6.32. The third-order valence-corrected chi connectivity index (χ3v) is 3.37. The van der Waals surface area contributed by atoms with Crippen LogP contribution in [-0.4, -0.2) is 50.3 Å². The molecule has 1 rings (SSSR count). The zero-order valence-corrected chi connectivity index (χ0v) is 11.3. The van der Waals surface area contributed by atoms with Crippen LogP contribution in [0.1, 0.15) is 33.6 Å². The van der Waals surface area contributed by atoms with Crippen LogP contribution >= 0.6 is 0 Å². The van der Waals surface area contributed by atoms with Crippen LogP contribution in [0.5, 0.6) is 0 Å². The number of ether oxygens (including phenoxy) is 1. The SMILES string of the molecule is CC(C)CC(C)N(C)CCC1CNCCO1. The Morgan fingerprint density at radius 2 is 2.12 bits per heavy atom. The zero-order chi connectivity index (χ0) is 12.0. The summed E-state index contributed by atoms with van der Waals surface area (Å²) in [6, 6.07) is 0.677. The van der Waals surface area contributed by atoms with Crippen molar-refractivity contribution in [1.29, 1.82) is 0 Å². The highest BCUT2D eigenvalue weighted by Crippen LogP contribution is 2.11. The van der Waals surface area contributed by atoms with Crippen LogP contribution in [0.2, 0.25) is 0 Å². The topological polar surface area (TPSA) is 24.5 Å². The van der Waals surface area contributed by atoms with Crippen molar-refractivity contribution in [2.45, 2.75) is 45.8 Å². The molecule has 1 saturated heterocycles. The molecule has 2 atom stereocenters. The van der Waals surface area contributed by atoms with Gasteiger partial charge in [-0.25, -0.2) is 0 Å². The van der Waals surface area contributed by atoms with E-state index in [0.29, 0.717) is 12.1 Å². The van der Waals surface area contributed by atoms with Gasteiger partial charge in [-0.1, -0.05) is 13.8 Å². The summed E-state index contributed by atoms with van der Waals surface area (Å²) in [5, 5.41) is 3.38. The van der Waals surface area contributed by atoms with Crippen molar-refractivity contribution >= 4 is 0 Å². The average Bonchev–Trinajstić information content (AvgIpc) is 2.26. The molecule has 1 fully saturated rings. The van der Waals surface area contributed by atoms with Crippen LogP contribution in [0.15, 0.2) is 0 Å². The number of morpholine rings is 1. The fourth-order valence-corrected chi connectivity index (χ4v) is 2.24. The second-order valence-corrected chi connectivity index (χ2v) is 5.44. The van der Waals surface area contributed by atoms with Crippen molar-refractivity contribution in [2.75, 3.05) is 33.3 Å². The van der Waals surface area contributed by atoms with E-state index in [1.54, 1.807) is 0 Å². The van der Waals surface area contributed by atoms with Crippen molar-refractivity contribution in [2.24, 2.45) is 5.92 Å². The fourth-order valence-electron chi connectivity index (χ4n) is 2.24. The lowest BCUT2D eigenvalue weighted by Gasteiger charge is -2.29. The Hall–Kier alpha value is -0.120. The van der Waals surface area contributed by atoms with Crippen LogP contribution in [0.4, 0.5) is 0 Å². The molecule has 3 nitrogen and oxygen atoms in total. The zero-order valence-electron chi connectivity index (χ0n) is 11.3. The van der Waals surface area contributed by atoms with Crippen LogP contribution in [0.3, 0.4) is 0 Å². The lowest BCUT2D eigenvalue weighted by molar-refractivity contribution is 0.0164. The molecule has 0 radical (unpaired) electrons. The molecule has 0 bridgehead atoms. The summed E-state index contributed by atoms with van der Waals surface area (Å²) < 4.78 is 5.70. The summed E-state index contributed by atoms with van der Waals surface area (Å²) >= 11 is 0. The molecule has 1 N–H and O–H groups in total. The van der Waals surface area contributed by atoms with E-state index in [1.807, 2.05) is 0 Å². The van der Waals surface area contributed by atoms with Gasteiger partial charge in [-0.3, -0.25) is 0 Å². The smallest absolute Gasteiger partial charge is 0.0712 e. The van der Waals surface area contributed by atoms with Crippen molar-refractivity contribution in [3.8, 4) is 0 Å². The third-order valence-electron chi connectivity index (χ3n) is 3.37. The Labute approximate surface area is 101 Å². The van der Waals surface area contributed by atoms with E-state index in [4.69, 9.17) is 4.74 Å². The van der Waals surface area contributed by atoms with E-state index in [-0.39, 0.29) is 0 Å². The number of rotatable bonds is 6. The molecule has 0 amide bonds. The van der Waals surface area contributed by atoms with Crippen LogP contribution in [0.25, 0.3) is 0 Å². The summed E-state index contributed by atoms with van der Waals surface area (Å²) in [6.45, 7) is 10.9. The molecule has 0 aliphatic carbocycles. The number of nitrogens with one attached hydrogen (secondary N) is 1. The molecule has 1 aliphatic heterocycles. The van der Waals surface area contributed by atoms with E-state index in [9.17, 15) is 0 Å². The molecule has 1 aliphatic rings. The summed E-state index contributed by atoms with van der Waals surface area (Å²) in [5.41, 5.74) is 0. The monoisotopic (exact) mass is 228 g/mol. The molecule has 1 heterocycles. The van der Waals surface area contributed by atoms with Crippen molar-refractivity contribution < 1.29 is 4.74 Å². The van der Waals surface area contributed by atoms with E-state index >= 15 is 0 Å². The minimum atomic E-state index is 0.419. The second kappa shape index (κ2) is 7.25. The Bertz CT molecular complexity index is 179. The van der Waals surface area contributed by atoms with Crippen LogP contribution in [0, 0.1) is 5.92 Å². The summed E-state index contributed by atoms with van der Waals surface area (Å²) in [4.78, 5) is 2.46. The fraction of sp³-hybridized carbons (Fsp3) is 1.00. The molecular weight excluding hydrogens is 200 g/mol. The van der Waals surface area contributed by atoms with E-state index < -0.39 is 0 Å². The van der Waals surface area contributed by atoms with Crippen LogP contribution < -0.4 is 5.32 Å². The average molecular weight is 228 g/mol. The quantitative estimate of drug-likeness (QED) is 0.749. The first kappa shape index (κ1) is 13.9. The molecule has 2 unspecified atom stereocenters. The molecule has 0 aromatic carbocycles. The van der Waals surface area contributed by atoms with Gasteiger partial charge in [0.1, 0.15) is 0 Å². The van der Waals surface area contributed by atoms with Crippen molar-refractivity contribution in [3.05, 3.63) is 0 Å². The summed E-state index contributed by atoms with van der Waals surface area (Å²) in [7, 11) is 2.23. The first-order valence-electron chi connectivity index (χ1n) is 6.62. The highest BCUT2D eigenvalue weighted by molar-refractivity contribution is 4.71. The van der Waals surface area contributed by atoms with Gasteiger partial charge in [-0.05, 0) is 32.7 Å². The van der Waals surface area contributed by atoms with Crippen molar-refractivity contribution in [3.63, 3.8) is 0 Å². The summed E-state index contributed by atoms with van der Waals surface area (Å²) in [6.07, 6.45) is 2.84. The standard InChI is InChI=1S/C13H28N2O/c1-11(2)9-12(3)15(4)7-5-13-10-14-6-8-16-13/h11-14H,5-10H2,1-4H3. The highest BCUT2D eigenvalue weighted by atomic mass is 16.5. The summed E-state index contributed by atoms with van der Waals surface area (Å²) in [5.74, 6) is 0.782. The minimum absolute atomic E-state index is 0.419. The first-order valence-corrected chi connectivity index (χ1v) is 6.62. The molecule has 0 saturated carbocycles. The van der Waals surface area contributed by atoms with Gasteiger partial charge in [-0.15, -0.1) is 0 Å². The molecule has 3 heteroatoms. The lowest BCUT2D eigenvalue weighted by atomic mass is 10.0. The van der Waals surface area contributed by atoms with Gasteiger partial charge in [0.05, 0.1) is 12.7 Å². The van der Waals surface area contributed by atoms with Gasteiger partial charge in [0.25, 0.3) is 0 Å². The Morgan fingerprint density at radius 1 is 1.38 bits per heavy atom. The molecule has 96 valence electrons. The molecular formula is C13H28N2O. The van der Waals surface area contributed by atoms with Gasteiger partial charge < -0.3 is 15.0 Å². The predicted molar refractivity (Wildman–Crippen MR) is 68.8 cm³/mol. The van der Waals surface area contributed by atoms with Gasteiger partial charge >= 0.3 is 0 Å². The van der Waals surface area contributed by atoms with E-state index in [2.05, 4.69) is 38.0 Å². The maximum absolute atomic E-state index is 5.70. The normalized spacial score (nSPS) is 24.0. The minimum Gasteiger partial charge on any atom is -0.376 e. The maximum Gasteiger partial charge on any atom is 0.0712 e. The number of hydrogen-bond donors (Lipinski definition) is 1. The predicted octanol–water partition coefficient (Wildman–Crippen LogP) is 1.73. The maximum atomic E-state index is 5.70. The Balaban J connectivity index is 2.15. The van der Waals surface area contributed by atoms with Gasteiger partial charge in [0.15, 0.2) is 0 Å². The Morgan fingerprint density at radius 3 is 2.69 bits per heavy atom. The molecule has 16 heavy (non-hydrogen) atoms. The lowest BCUT2D eigenvalue weighted by Crippen LogP contribution is -2.41. The second-order valence-electron chi connectivity index (χ2n) is 5.44. The molecule has 0 aromatic heterocycles. The third kappa shape index (κ3) is 5.28. The number of nitrogens with zero attached hydrogens (tertiary/aromatic N) is 1. The van der Waals surface area contributed by atoms with Gasteiger partial charge in [0, 0.05) is 25.7 Å². The van der Waals surface area contributed by atoms with Gasteiger partial charge in [-0.2, -0.15) is 0 Å². The van der Waals surface area contributed by atoms with Gasteiger partial charge in [0.2, 0.25) is 0 Å². The van der Waals surface area contributed by atoms with Crippen LogP contribution in [-0.2, 0) is 4.74 Å². The van der Waals surface area contributed by atoms with Crippen molar-refractivity contribution in [1.82, 2.24) is 10.2 Å². The highest BCUT2D eigenvalue weighted by Gasteiger charge is 2.16. The van der Waals surface area contributed by atoms with E-state index in [1.165, 1.54) is 6.42 Å².